The molecule has 0 saturated carbocycles. The van der Waals surface area contributed by atoms with Crippen LogP contribution in [0.2, 0.25) is 0 Å². The highest BCUT2D eigenvalue weighted by molar-refractivity contribution is 5.86. The Kier molecular flexibility index (Phi) is 4.09. The minimum Gasteiger partial charge on any atom is -0.460 e. The fourth-order valence-corrected chi connectivity index (χ4v) is 2.03. The molecular formula is C16H14N2O5. The van der Waals surface area contributed by atoms with Crippen LogP contribution in [0.4, 0.5) is 0 Å². The second-order valence-corrected chi connectivity index (χ2v) is 4.68. The van der Waals surface area contributed by atoms with Gasteiger partial charge in [0, 0.05) is 5.56 Å². The topological polar surface area (TPSA) is 87.5 Å². The monoisotopic (exact) mass is 314 g/mol. The van der Waals surface area contributed by atoms with E-state index in [0.717, 1.165) is 4.68 Å². The summed E-state index contributed by atoms with van der Waals surface area (Å²) in [6, 6.07) is 12.2. The van der Waals surface area contributed by atoms with Gasteiger partial charge in [0.1, 0.15) is 12.3 Å². The Morgan fingerprint density at radius 3 is 2.70 bits per heavy atom. The number of ether oxygens (including phenoxy) is 1. The maximum Gasteiger partial charge on any atom is 0.437 e. The van der Waals surface area contributed by atoms with E-state index in [2.05, 4.69) is 5.10 Å². The third kappa shape index (κ3) is 3.23. The van der Waals surface area contributed by atoms with Crippen molar-refractivity contribution >= 4 is 5.97 Å². The van der Waals surface area contributed by atoms with E-state index in [1.165, 1.54) is 6.07 Å². The van der Waals surface area contributed by atoms with Crippen LogP contribution < -0.4 is 5.76 Å². The summed E-state index contributed by atoms with van der Waals surface area (Å²) in [4.78, 5) is 23.4. The van der Waals surface area contributed by atoms with Crippen molar-refractivity contribution in [2.24, 2.45) is 0 Å². The molecule has 0 aliphatic rings. The van der Waals surface area contributed by atoms with E-state index in [-0.39, 0.29) is 24.8 Å². The average molecular weight is 314 g/mol. The third-order valence-electron chi connectivity index (χ3n) is 3.07. The van der Waals surface area contributed by atoms with Crippen molar-refractivity contribution in [1.82, 2.24) is 9.78 Å². The van der Waals surface area contributed by atoms with Gasteiger partial charge in [0.15, 0.2) is 0 Å². The summed E-state index contributed by atoms with van der Waals surface area (Å²) in [6.45, 7) is 2.04. The van der Waals surface area contributed by atoms with Crippen LogP contribution in [0, 0.1) is 0 Å². The smallest absolute Gasteiger partial charge is 0.437 e. The summed E-state index contributed by atoms with van der Waals surface area (Å²) in [5, 5.41) is 4.13. The lowest BCUT2D eigenvalue weighted by Crippen LogP contribution is -2.16. The number of furan rings is 1. The van der Waals surface area contributed by atoms with Gasteiger partial charge in [0.2, 0.25) is 11.7 Å². The fourth-order valence-electron chi connectivity index (χ4n) is 2.03. The second kappa shape index (κ2) is 6.35. The molecule has 0 radical (unpaired) electrons. The Morgan fingerprint density at radius 2 is 1.96 bits per heavy atom. The highest BCUT2D eigenvalue weighted by atomic mass is 16.5. The van der Waals surface area contributed by atoms with Crippen LogP contribution in [0.1, 0.15) is 23.2 Å². The zero-order chi connectivity index (χ0) is 16.2. The van der Waals surface area contributed by atoms with Gasteiger partial charge < -0.3 is 13.6 Å². The van der Waals surface area contributed by atoms with E-state index >= 15 is 0 Å². The number of esters is 1. The first-order chi connectivity index (χ1) is 11.2. The Bertz CT molecular complexity index is 860. The van der Waals surface area contributed by atoms with Crippen molar-refractivity contribution < 1.29 is 18.4 Å². The van der Waals surface area contributed by atoms with E-state index in [1.54, 1.807) is 25.1 Å². The van der Waals surface area contributed by atoms with Gasteiger partial charge in [-0.25, -0.2) is 9.59 Å². The molecule has 2 aromatic heterocycles. The number of hydrogen-bond donors (Lipinski definition) is 0. The van der Waals surface area contributed by atoms with Crippen molar-refractivity contribution in [3.05, 3.63) is 64.5 Å². The lowest BCUT2D eigenvalue weighted by atomic mass is 10.2. The van der Waals surface area contributed by atoms with Gasteiger partial charge >= 0.3 is 11.7 Å². The highest BCUT2D eigenvalue weighted by Gasteiger charge is 2.15. The second-order valence-electron chi connectivity index (χ2n) is 4.68. The van der Waals surface area contributed by atoms with Gasteiger partial charge in [0.05, 0.1) is 6.61 Å². The molecule has 2 heterocycles. The zero-order valence-electron chi connectivity index (χ0n) is 12.4. The van der Waals surface area contributed by atoms with Gasteiger partial charge in [-0.2, -0.15) is 4.68 Å². The van der Waals surface area contributed by atoms with Gasteiger partial charge in [-0.15, -0.1) is 5.10 Å². The van der Waals surface area contributed by atoms with Crippen LogP contribution in [-0.2, 0) is 11.3 Å². The molecule has 3 rings (SSSR count). The minimum absolute atomic E-state index is 0.0641. The molecule has 0 aliphatic carbocycles. The number of hydrogen-bond acceptors (Lipinski definition) is 6. The van der Waals surface area contributed by atoms with Crippen molar-refractivity contribution in [1.29, 1.82) is 0 Å². The number of carbonyl (C=O) groups excluding carboxylic acids is 1. The van der Waals surface area contributed by atoms with Gasteiger partial charge in [-0.1, -0.05) is 18.2 Å². The third-order valence-corrected chi connectivity index (χ3v) is 3.07. The quantitative estimate of drug-likeness (QED) is 0.672. The molecule has 0 N–H and O–H groups in total. The number of aromatic nitrogens is 2. The lowest BCUT2D eigenvalue weighted by Gasteiger charge is -1.97. The lowest BCUT2D eigenvalue weighted by molar-refractivity contribution is 0.0487. The summed E-state index contributed by atoms with van der Waals surface area (Å²) < 4.78 is 16.5. The normalized spacial score (nSPS) is 10.7. The highest BCUT2D eigenvalue weighted by Crippen LogP contribution is 2.15. The van der Waals surface area contributed by atoms with Crippen molar-refractivity contribution in [2.45, 2.75) is 13.5 Å². The molecule has 0 spiro atoms. The predicted octanol–water partition coefficient (Wildman–Crippen LogP) is 2.32. The molecule has 0 aliphatic heterocycles. The molecule has 0 bridgehead atoms. The molecule has 7 nitrogen and oxygen atoms in total. The molecule has 0 unspecified atom stereocenters. The Balaban J connectivity index is 1.80. The van der Waals surface area contributed by atoms with E-state index in [9.17, 15) is 9.59 Å². The average Bonchev–Trinajstić information content (AvgIpc) is 3.17. The molecule has 0 fully saturated rings. The number of nitrogens with zero attached hydrogens (tertiary/aromatic N) is 2. The molecule has 0 amide bonds. The molecular weight excluding hydrogens is 300 g/mol. The zero-order valence-corrected chi connectivity index (χ0v) is 12.4. The summed E-state index contributed by atoms with van der Waals surface area (Å²) in [7, 11) is 0. The predicted molar refractivity (Wildman–Crippen MR) is 80.0 cm³/mol. The van der Waals surface area contributed by atoms with Crippen LogP contribution in [0.5, 0.6) is 0 Å². The summed E-state index contributed by atoms with van der Waals surface area (Å²) in [5.74, 6) is -0.424. The first-order valence-corrected chi connectivity index (χ1v) is 7.06. The first kappa shape index (κ1) is 14.8. The number of carbonyl (C=O) groups is 1. The molecule has 1 aromatic carbocycles. The van der Waals surface area contributed by atoms with E-state index < -0.39 is 11.7 Å². The standard InChI is InChI=1S/C16H14N2O5/c1-2-21-15(19)13-9-8-12(22-13)10-18-16(20)23-14(17-18)11-6-4-3-5-7-11/h3-9H,2,10H2,1H3. The first-order valence-electron chi connectivity index (χ1n) is 7.06. The van der Waals surface area contributed by atoms with Crippen LogP contribution in [-0.4, -0.2) is 22.4 Å². The van der Waals surface area contributed by atoms with Crippen molar-refractivity contribution in [3.63, 3.8) is 0 Å². The molecule has 3 aromatic rings. The largest absolute Gasteiger partial charge is 0.460 e. The fraction of sp³-hybridized carbons (Fsp3) is 0.188. The van der Waals surface area contributed by atoms with E-state index in [4.69, 9.17) is 13.6 Å². The molecule has 0 atom stereocenters. The molecule has 0 saturated heterocycles. The molecule has 7 heteroatoms. The summed E-state index contributed by atoms with van der Waals surface area (Å²) in [6.07, 6.45) is 0. The maximum absolute atomic E-state index is 11.9. The summed E-state index contributed by atoms with van der Waals surface area (Å²) in [5.41, 5.74) is 0.704. The number of rotatable bonds is 5. The van der Waals surface area contributed by atoms with Crippen LogP contribution in [0.25, 0.3) is 11.5 Å². The maximum atomic E-state index is 11.9. The van der Waals surface area contributed by atoms with Gasteiger partial charge in [0.25, 0.3) is 0 Å². The minimum atomic E-state index is -0.599. The van der Waals surface area contributed by atoms with Crippen LogP contribution in [0.15, 0.2) is 56.1 Å². The molecule has 118 valence electrons. The van der Waals surface area contributed by atoms with Gasteiger partial charge in [-0.3, -0.25) is 0 Å². The van der Waals surface area contributed by atoms with Crippen LogP contribution >= 0.6 is 0 Å². The van der Waals surface area contributed by atoms with E-state index in [0.29, 0.717) is 11.3 Å². The van der Waals surface area contributed by atoms with Crippen molar-refractivity contribution in [3.8, 4) is 11.5 Å². The van der Waals surface area contributed by atoms with Gasteiger partial charge in [-0.05, 0) is 31.2 Å². The summed E-state index contributed by atoms with van der Waals surface area (Å²) >= 11 is 0. The Labute approximate surface area is 131 Å². The van der Waals surface area contributed by atoms with E-state index in [1.807, 2.05) is 18.2 Å². The Morgan fingerprint density at radius 1 is 1.17 bits per heavy atom. The van der Waals surface area contributed by atoms with Crippen molar-refractivity contribution in [2.75, 3.05) is 6.61 Å². The van der Waals surface area contributed by atoms with Crippen LogP contribution in [0.3, 0.4) is 0 Å². The SMILES string of the molecule is CCOC(=O)c1ccc(Cn2nc(-c3ccccc3)oc2=O)o1. The Hall–Kier alpha value is -3.09. The number of benzene rings is 1. The molecule has 23 heavy (non-hydrogen) atoms.